The maximum absolute atomic E-state index is 13.1. The van der Waals surface area contributed by atoms with E-state index < -0.39 is 10.0 Å². The van der Waals surface area contributed by atoms with E-state index in [0.717, 1.165) is 49.5 Å². The number of nitrogens with one attached hydrogen (secondary N) is 1. The maximum Gasteiger partial charge on any atom is 0.238 e. The van der Waals surface area contributed by atoms with Crippen molar-refractivity contribution in [1.29, 1.82) is 0 Å². The topological polar surface area (TPSA) is 108 Å². The van der Waals surface area contributed by atoms with Gasteiger partial charge in [0.05, 0.1) is 53.7 Å². The lowest BCUT2D eigenvalue weighted by Gasteiger charge is -2.30. The zero-order chi connectivity index (χ0) is 29.8. The van der Waals surface area contributed by atoms with Gasteiger partial charge in [-0.1, -0.05) is 23.8 Å². The normalized spacial score (nSPS) is 17.1. The molecule has 0 spiro atoms. The highest BCUT2D eigenvalue weighted by Gasteiger charge is 2.22. The average molecular weight is 624 g/mol. The Morgan fingerprint density at radius 3 is 2.72 bits per heavy atom. The summed E-state index contributed by atoms with van der Waals surface area (Å²) in [7, 11) is -3.63. The highest BCUT2D eigenvalue weighted by Crippen LogP contribution is 2.38. The first-order valence-corrected chi connectivity index (χ1v) is 16.5. The lowest BCUT2D eigenvalue weighted by molar-refractivity contribution is 0.122. The molecule has 3 aliphatic heterocycles. The van der Waals surface area contributed by atoms with E-state index in [9.17, 15) is 8.42 Å². The van der Waals surface area contributed by atoms with Gasteiger partial charge in [-0.25, -0.2) is 22.4 Å². The highest BCUT2D eigenvalue weighted by molar-refractivity contribution is 7.90. The molecular weight excluding hydrogens is 590 g/mol. The number of halogens is 1. The van der Waals surface area contributed by atoms with Crippen molar-refractivity contribution in [2.45, 2.75) is 26.2 Å². The second-order valence-electron chi connectivity index (χ2n) is 10.3. The fourth-order valence-electron chi connectivity index (χ4n) is 5.22. The van der Waals surface area contributed by atoms with Crippen molar-refractivity contribution in [2.75, 3.05) is 55.5 Å². The summed E-state index contributed by atoms with van der Waals surface area (Å²) in [6.07, 6.45) is 9.94. The zero-order valence-corrected chi connectivity index (χ0v) is 25.5. The third kappa shape index (κ3) is 6.43. The number of morpholine rings is 1. The van der Waals surface area contributed by atoms with E-state index in [1.54, 1.807) is 19.2 Å². The Hall–Kier alpha value is -3.80. The van der Waals surface area contributed by atoms with Crippen molar-refractivity contribution in [3.05, 3.63) is 66.0 Å². The summed E-state index contributed by atoms with van der Waals surface area (Å²) in [4.78, 5) is 11.4. The summed E-state index contributed by atoms with van der Waals surface area (Å²) in [5, 5.41) is 4.27. The average Bonchev–Trinajstić information content (AvgIpc) is 3.41. The molecule has 0 radical (unpaired) electrons. The van der Waals surface area contributed by atoms with Crippen LogP contribution >= 0.6 is 11.6 Å². The van der Waals surface area contributed by atoms with Gasteiger partial charge in [0.25, 0.3) is 0 Å². The van der Waals surface area contributed by atoms with E-state index in [2.05, 4.69) is 21.3 Å². The van der Waals surface area contributed by atoms with Crippen LogP contribution in [0.2, 0.25) is 5.02 Å². The number of allylic oxidation sites excluding steroid dienone is 1. The van der Waals surface area contributed by atoms with Gasteiger partial charge in [-0.05, 0) is 50.5 Å². The minimum atomic E-state index is -3.63. The van der Waals surface area contributed by atoms with Crippen LogP contribution in [-0.4, -0.2) is 67.6 Å². The van der Waals surface area contributed by atoms with E-state index in [0.29, 0.717) is 65.3 Å². The predicted octanol–water partition coefficient (Wildman–Crippen LogP) is 6.03. The Balaban J connectivity index is 1.43. The number of rotatable bonds is 3. The lowest BCUT2D eigenvalue weighted by atomic mass is 10.1. The van der Waals surface area contributed by atoms with Crippen LogP contribution in [0.1, 0.15) is 26.2 Å². The second-order valence-corrected chi connectivity index (χ2v) is 12.9. The molecule has 2 aromatic carbocycles. The fraction of sp³-hybridized carbons (Fsp3) is 0.355. The van der Waals surface area contributed by atoms with E-state index in [1.807, 2.05) is 36.4 Å². The molecule has 2 aromatic heterocycles. The molecule has 12 heteroatoms. The largest absolute Gasteiger partial charge is 0.491 e. The Labute approximate surface area is 256 Å². The molecule has 0 amide bonds. The molecule has 8 bridgehead atoms. The van der Waals surface area contributed by atoms with Gasteiger partial charge in [0, 0.05) is 48.1 Å². The van der Waals surface area contributed by atoms with Crippen LogP contribution in [0.4, 0.5) is 17.3 Å². The quantitative estimate of drug-likeness (QED) is 0.274. The Kier molecular flexibility index (Phi) is 8.73. The zero-order valence-electron chi connectivity index (χ0n) is 24.0. The van der Waals surface area contributed by atoms with Crippen LogP contribution in [0.3, 0.4) is 0 Å². The molecule has 5 heterocycles. The number of fused-ring (bicyclic) bond motifs is 8. The summed E-state index contributed by atoms with van der Waals surface area (Å²) in [6.45, 7) is 5.52. The molecule has 10 nitrogen and oxygen atoms in total. The molecule has 7 rings (SSSR count). The number of aromatic nitrogens is 3. The maximum atomic E-state index is 13.1. The van der Waals surface area contributed by atoms with Crippen LogP contribution in [0.15, 0.2) is 60.9 Å². The van der Waals surface area contributed by atoms with Gasteiger partial charge in [0.2, 0.25) is 16.0 Å². The number of nitrogens with zero attached hydrogens (tertiary/aromatic N) is 4. The molecule has 1 fully saturated rings. The SMILES string of the molecule is CCS(=O)(=O)n1cc2c3ccc(cc31)OC/C=C\CCCCOc1cc(ccc1N1CCOCC1)Nc1ncc(Cl)c-2n1. The molecule has 226 valence electrons. The van der Waals surface area contributed by atoms with Gasteiger partial charge in [-0.15, -0.1) is 0 Å². The Morgan fingerprint density at radius 2 is 1.88 bits per heavy atom. The van der Waals surface area contributed by atoms with Crippen LogP contribution in [0, 0.1) is 0 Å². The number of ether oxygens (including phenoxy) is 3. The lowest BCUT2D eigenvalue weighted by Crippen LogP contribution is -2.36. The summed E-state index contributed by atoms with van der Waals surface area (Å²) in [5.41, 5.74) is 3.26. The number of benzene rings is 2. The van der Waals surface area contributed by atoms with Gasteiger partial charge in [0.15, 0.2) is 0 Å². The standard InChI is InChI=1S/C31H34ClN5O5S/c1-2-43(38,39)37-21-25-24-10-9-23(19-28(24)37)41-14-6-4-3-5-7-15-42-29-18-22(34-31-33-20-26(32)30(25)35-31)8-11-27(29)36-12-16-40-17-13-36/h4,6,8-11,18-21H,2-3,5,7,12-17H2,1H3,(H,33,34,35)/b6-4-. The van der Waals surface area contributed by atoms with E-state index in [4.69, 9.17) is 30.8 Å². The number of hydrogen-bond acceptors (Lipinski definition) is 9. The van der Waals surface area contributed by atoms with E-state index >= 15 is 0 Å². The molecule has 43 heavy (non-hydrogen) atoms. The third-order valence-electron chi connectivity index (χ3n) is 7.51. The number of hydrogen-bond donors (Lipinski definition) is 1. The van der Waals surface area contributed by atoms with Gasteiger partial charge < -0.3 is 24.4 Å². The number of anilines is 3. The molecule has 0 saturated carbocycles. The molecule has 0 unspecified atom stereocenters. The van der Waals surface area contributed by atoms with Crippen molar-refractivity contribution in [3.63, 3.8) is 0 Å². The molecular formula is C31H34ClN5O5S. The van der Waals surface area contributed by atoms with Gasteiger partial charge in [0.1, 0.15) is 18.1 Å². The van der Waals surface area contributed by atoms with Crippen molar-refractivity contribution in [1.82, 2.24) is 13.9 Å². The summed E-state index contributed by atoms with van der Waals surface area (Å²) in [6, 6.07) is 11.4. The van der Waals surface area contributed by atoms with Crippen LogP contribution in [0.25, 0.3) is 22.2 Å². The van der Waals surface area contributed by atoms with Crippen molar-refractivity contribution >= 4 is 49.9 Å². The van der Waals surface area contributed by atoms with Gasteiger partial charge in [-0.3, -0.25) is 0 Å². The van der Waals surface area contributed by atoms with Crippen LogP contribution < -0.4 is 19.7 Å². The highest BCUT2D eigenvalue weighted by atomic mass is 35.5. The summed E-state index contributed by atoms with van der Waals surface area (Å²) >= 11 is 6.62. The molecule has 1 saturated heterocycles. The van der Waals surface area contributed by atoms with Crippen molar-refractivity contribution < 1.29 is 22.6 Å². The smallest absolute Gasteiger partial charge is 0.238 e. The molecule has 4 aromatic rings. The molecule has 1 N–H and O–H groups in total. The minimum Gasteiger partial charge on any atom is -0.491 e. The first-order valence-electron chi connectivity index (χ1n) is 14.5. The first-order chi connectivity index (χ1) is 20.9. The Bertz CT molecular complexity index is 1750. The van der Waals surface area contributed by atoms with E-state index in [1.165, 1.54) is 10.2 Å². The van der Waals surface area contributed by atoms with Gasteiger partial charge >= 0.3 is 0 Å². The van der Waals surface area contributed by atoms with Crippen molar-refractivity contribution in [2.24, 2.45) is 0 Å². The van der Waals surface area contributed by atoms with Crippen LogP contribution in [0.5, 0.6) is 11.5 Å². The first kappa shape index (κ1) is 29.3. The predicted molar refractivity (Wildman–Crippen MR) is 170 cm³/mol. The summed E-state index contributed by atoms with van der Waals surface area (Å²) < 4.78 is 45.3. The van der Waals surface area contributed by atoms with Crippen LogP contribution in [-0.2, 0) is 14.8 Å². The summed E-state index contributed by atoms with van der Waals surface area (Å²) in [5.74, 6) is 1.60. The molecule has 3 aliphatic rings. The monoisotopic (exact) mass is 623 g/mol. The third-order valence-corrected chi connectivity index (χ3v) is 9.42. The van der Waals surface area contributed by atoms with E-state index in [-0.39, 0.29) is 5.75 Å². The molecule has 0 atom stereocenters. The Morgan fingerprint density at radius 1 is 1.02 bits per heavy atom. The van der Waals surface area contributed by atoms with Gasteiger partial charge in [-0.2, -0.15) is 0 Å². The second kappa shape index (κ2) is 12.8. The van der Waals surface area contributed by atoms with Crippen molar-refractivity contribution in [3.8, 4) is 22.8 Å². The minimum absolute atomic E-state index is 0.0702. The fourth-order valence-corrected chi connectivity index (χ4v) is 6.41. The molecule has 0 aliphatic carbocycles.